The summed E-state index contributed by atoms with van der Waals surface area (Å²) >= 11 is 0. The predicted octanol–water partition coefficient (Wildman–Crippen LogP) is 2.14. The van der Waals surface area contributed by atoms with Crippen molar-refractivity contribution < 1.29 is 5.11 Å². The molecule has 1 fully saturated rings. The van der Waals surface area contributed by atoms with Crippen molar-refractivity contribution >= 4 is 17.0 Å². The quantitative estimate of drug-likeness (QED) is 0.758. The van der Waals surface area contributed by atoms with Crippen molar-refractivity contribution in [3.8, 4) is 0 Å². The largest absolute Gasteiger partial charge is 0.393 e. The number of aromatic amines is 1. The van der Waals surface area contributed by atoms with Crippen molar-refractivity contribution in [1.82, 2.24) is 9.97 Å². The zero-order valence-corrected chi connectivity index (χ0v) is 9.69. The number of aliphatic hydroxyl groups excluding tert-OH is 1. The molecule has 3 rings (SSSR count). The topological polar surface area (TPSA) is 60.9 Å². The third-order valence-corrected chi connectivity index (χ3v) is 3.46. The van der Waals surface area contributed by atoms with E-state index in [1.54, 1.807) is 0 Å². The van der Waals surface area contributed by atoms with Gasteiger partial charge in [-0.1, -0.05) is 12.1 Å². The Morgan fingerprint density at radius 1 is 1.35 bits per heavy atom. The molecule has 0 spiro atoms. The molecular formula is C13H17N3O. The smallest absolute Gasteiger partial charge is 0.201 e. The molecule has 2 aromatic rings. The zero-order chi connectivity index (χ0) is 11.7. The maximum atomic E-state index is 9.46. The van der Waals surface area contributed by atoms with Gasteiger partial charge in [0.25, 0.3) is 0 Å². The molecule has 2 unspecified atom stereocenters. The van der Waals surface area contributed by atoms with E-state index in [0.717, 1.165) is 42.8 Å². The first-order valence-electron chi connectivity index (χ1n) is 6.18. The van der Waals surface area contributed by atoms with Crippen LogP contribution >= 0.6 is 0 Å². The van der Waals surface area contributed by atoms with E-state index in [0.29, 0.717) is 5.92 Å². The number of H-pyrrole nitrogens is 1. The molecule has 1 aromatic heterocycles. The van der Waals surface area contributed by atoms with Crippen molar-refractivity contribution in [2.75, 3.05) is 11.9 Å². The predicted molar refractivity (Wildman–Crippen MR) is 67.9 cm³/mol. The first-order valence-corrected chi connectivity index (χ1v) is 6.18. The second-order valence-corrected chi connectivity index (χ2v) is 4.82. The van der Waals surface area contributed by atoms with Crippen molar-refractivity contribution in [2.45, 2.75) is 25.4 Å². The van der Waals surface area contributed by atoms with Crippen LogP contribution in [0.3, 0.4) is 0 Å². The van der Waals surface area contributed by atoms with E-state index in [2.05, 4.69) is 15.3 Å². The van der Waals surface area contributed by atoms with Gasteiger partial charge in [0, 0.05) is 6.54 Å². The average molecular weight is 231 g/mol. The fourth-order valence-electron chi connectivity index (χ4n) is 2.51. The molecule has 17 heavy (non-hydrogen) atoms. The summed E-state index contributed by atoms with van der Waals surface area (Å²) in [4.78, 5) is 7.71. The summed E-state index contributed by atoms with van der Waals surface area (Å²) < 4.78 is 0. The fourth-order valence-corrected chi connectivity index (χ4v) is 2.51. The molecule has 90 valence electrons. The minimum absolute atomic E-state index is 0.0996. The zero-order valence-electron chi connectivity index (χ0n) is 9.69. The number of rotatable bonds is 3. The number of hydrogen-bond acceptors (Lipinski definition) is 3. The van der Waals surface area contributed by atoms with Crippen LogP contribution in [0.25, 0.3) is 11.0 Å². The summed E-state index contributed by atoms with van der Waals surface area (Å²) in [7, 11) is 0. The van der Waals surface area contributed by atoms with E-state index in [4.69, 9.17) is 0 Å². The van der Waals surface area contributed by atoms with Gasteiger partial charge in [0.05, 0.1) is 17.1 Å². The van der Waals surface area contributed by atoms with Gasteiger partial charge in [-0.3, -0.25) is 0 Å². The maximum absolute atomic E-state index is 9.46. The van der Waals surface area contributed by atoms with Gasteiger partial charge in [-0.05, 0) is 37.3 Å². The fraction of sp³-hybridized carbons (Fsp3) is 0.462. The normalized spacial score (nSPS) is 24.3. The van der Waals surface area contributed by atoms with Gasteiger partial charge in [0.1, 0.15) is 0 Å². The maximum Gasteiger partial charge on any atom is 0.201 e. The number of aliphatic hydroxyl groups is 1. The molecule has 3 N–H and O–H groups in total. The summed E-state index contributed by atoms with van der Waals surface area (Å²) in [5, 5.41) is 12.8. The summed E-state index contributed by atoms with van der Waals surface area (Å²) in [6.07, 6.45) is 2.85. The van der Waals surface area contributed by atoms with Gasteiger partial charge >= 0.3 is 0 Å². The summed E-state index contributed by atoms with van der Waals surface area (Å²) in [5.74, 6) is 1.39. The number of aromatic nitrogens is 2. The standard InChI is InChI=1S/C13H17N3O/c17-10-6-5-9(7-10)8-14-13-15-11-3-1-2-4-12(11)16-13/h1-4,9-10,17H,5-8H2,(H2,14,15,16). The Hall–Kier alpha value is -1.55. The van der Waals surface area contributed by atoms with Gasteiger partial charge in [0.2, 0.25) is 5.95 Å². The molecule has 0 bridgehead atoms. The lowest BCUT2D eigenvalue weighted by molar-refractivity contribution is 0.178. The molecule has 2 atom stereocenters. The van der Waals surface area contributed by atoms with Gasteiger partial charge in [0.15, 0.2) is 0 Å². The molecule has 1 aliphatic carbocycles. The molecule has 0 saturated heterocycles. The van der Waals surface area contributed by atoms with Crippen LogP contribution in [0.15, 0.2) is 24.3 Å². The van der Waals surface area contributed by atoms with Crippen molar-refractivity contribution in [1.29, 1.82) is 0 Å². The Balaban J connectivity index is 1.65. The molecule has 1 heterocycles. The average Bonchev–Trinajstić information content (AvgIpc) is 2.91. The Morgan fingerprint density at radius 2 is 2.24 bits per heavy atom. The molecular weight excluding hydrogens is 214 g/mol. The number of anilines is 1. The number of hydrogen-bond donors (Lipinski definition) is 3. The molecule has 0 amide bonds. The van der Waals surface area contributed by atoms with Crippen molar-refractivity contribution in [3.05, 3.63) is 24.3 Å². The molecule has 4 heteroatoms. The molecule has 0 aliphatic heterocycles. The first-order chi connectivity index (χ1) is 8.31. The molecule has 1 aliphatic rings. The lowest BCUT2D eigenvalue weighted by atomic mass is 10.1. The van der Waals surface area contributed by atoms with Crippen molar-refractivity contribution in [2.24, 2.45) is 5.92 Å². The highest BCUT2D eigenvalue weighted by atomic mass is 16.3. The van der Waals surface area contributed by atoms with E-state index < -0.39 is 0 Å². The molecule has 0 radical (unpaired) electrons. The third kappa shape index (κ3) is 2.26. The summed E-state index contributed by atoms with van der Waals surface area (Å²) in [6.45, 7) is 0.886. The molecule has 4 nitrogen and oxygen atoms in total. The second kappa shape index (κ2) is 4.37. The Labute approximate surface area is 100 Å². The monoisotopic (exact) mass is 231 g/mol. The SMILES string of the molecule is OC1CCC(CNc2nc3ccccc3[nH]2)C1. The first kappa shape index (κ1) is 10.6. The van der Waals surface area contributed by atoms with Crippen LogP contribution in [-0.2, 0) is 0 Å². The lowest BCUT2D eigenvalue weighted by Crippen LogP contribution is -2.13. The highest BCUT2D eigenvalue weighted by Gasteiger charge is 2.22. The van der Waals surface area contributed by atoms with Crippen LogP contribution < -0.4 is 5.32 Å². The Bertz CT molecular complexity index is 475. The van der Waals surface area contributed by atoms with Crippen molar-refractivity contribution in [3.63, 3.8) is 0 Å². The number of fused-ring (bicyclic) bond motifs is 1. The van der Waals surface area contributed by atoms with Crippen LogP contribution in [-0.4, -0.2) is 27.7 Å². The van der Waals surface area contributed by atoms with Gasteiger partial charge in [-0.2, -0.15) is 0 Å². The number of benzene rings is 1. The lowest BCUT2D eigenvalue weighted by Gasteiger charge is -2.09. The highest BCUT2D eigenvalue weighted by molar-refractivity contribution is 5.77. The molecule has 1 saturated carbocycles. The number of nitrogens with zero attached hydrogens (tertiary/aromatic N) is 1. The third-order valence-electron chi connectivity index (χ3n) is 3.46. The van der Waals surface area contributed by atoms with E-state index in [9.17, 15) is 5.11 Å². The van der Waals surface area contributed by atoms with Crippen LogP contribution in [0.2, 0.25) is 0 Å². The highest BCUT2D eigenvalue weighted by Crippen LogP contribution is 2.25. The van der Waals surface area contributed by atoms with Crippen LogP contribution in [0.1, 0.15) is 19.3 Å². The van der Waals surface area contributed by atoms with E-state index in [-0.39, 0.29) is 6.10 Å². The van der Waals surface area contributed by atoms with Crippen LogP contribution in [0.5, 0.6) is 0 Å². The van der Waals surface area contributed by atoms with Gasteiger partial charge in [-0.15, -0.1) is 0 Å². The second-order valence-electron chi connectivity index (χ2n) is 4.82. The number of imidazole rings is 1. The van der Waals surface area contributed by atoms with E-state index in [1.807, 2.05) is 24.3 Å². The van der Waals surface area contributed by atoms with E-state index in [1.165, 1.54) is 0 Å². The van der Waals surface area contributed by atoms with E-state index >= 15 is 0 Å². The Kier molecular flexibility index (Phi) is 2.73. The van der Waals surface area contributed by atoms with Crippen LogP contribution in [0.4, 0.5) is 5.95 Å². The Morgan fingerprint density at radius 3 is 3.00 bits per heavy atom. The summed E-state index contributed by atoms with van der Waals surface area (Å²) in [5.41, 5.74) is 2.04. The number of nitrogens with one attached hydrogen (secondary N) is 2. The summed E-state index contributed by atoms with van der Waals surface area (Å²) in [6, 6.07) is 8.00. The van der Waals surface area contributed by atoms with Gasteiger partial charge < -0.3 is 15.4 Å². The minimum atomic E-state index is -0.0996. The molecule has 1 aromatic carbocycles. The van der Waals surface area contributed by atoms with Gasteiger partial charge in [-0.25, -0.2) is 4.98 Å². The van der Waals surface area contributed by atoms with Crippen LogP contribution in [0, 0.1) is 5.92 Å². The number of para-hydroxylation sites is 2. The minimum Gasteiger partial charge on any atom is -0.393 e.